The van der Waals surface area contributed by atoms with Crippen LogP contribution in [0.25, 0.3) is 0 Å². The maximum atomic E-state index is 11.7. The van der Waals surface area contributed by atoms with Crippen LogP contribution in [0.5, 0.6) is 0 Å². The predicted molar refractivity (Wildman–Crippen MR) is 81.7 cm³/mol. The molecule has 1 heterocycles. The van der Waals surface area contributed by atoms with Gasteiger partial charge in [-0.05, 0) is 30.3 Å². The summed E-state index contributed by atoms with van der Waals surface area (Å²) in [6, 6.07) is 12.1. The lowest BCUT2D eigenvalue weighted by atomic mass is 10.2. The number of hydrogen-bond acceptors (Lipinski definition) is 4. The molecule has 2 aromatic rings. The minimum Gasteiger partial charge on any atom is -0.461 e. The number of rotatable bonds is 5. The Labute approximate surface area is 131 Å². The number of nitrogens with zero attached hydrogens (tertiary/aromatic N) is 1. The van der Waals surface area contributed by atoms with Crippen molar-refractivity contribution >= 4 is 40.9 Å². The number of carbonyl (C=O) groups is 1. The molecule has 1 aromatic heterocycles. The Hall–Kier alpha value is -1.23. The molecule has 0 aliphatic rings. The monoisotopic (exact) mass is 327 g/mol. The second kappa shape index (κ2) is 7.53. The van der Waals surface area contributed by atoms with Gasteiger partial charge in [-0.1, -0.05) is 35.3 Å². The Morgan fingerprint density at radius 2 is 2.00 bits per heavy atom. The van der Waals surface area contributed by atoms with Gasteiger partial charge < -0.3 is 4.74 Å². The molecule has 20 heavy (non-hydrogen) atoms. The number of pyridine rings is 1. The number of aromatic nitrogens is 1. The average Bonchev–Trinajstić information content (AvgIpc) is 2.43. The van der Waals surface area contributed by atoms with Crippen LogP contribution in [0, 0.1) is 0 Å². The van der Waals surface area contributed by atoms with Gasteiger partial charge in [0, 0.05) is 10.8 Å². The molecule has 1 aromatic carbocycles. The van der Waals surface area contributed by atoms with Gasteiger partial charge in [0.15, 0.2) is 0 Å². The van der Waals surface area contributed by atoms with E-state index in [2.05, 4.69) is 4.98 Å². The fourth-order valence-electron chi connectivity index (χ4n) is 1.45. The van der Waals surface area contributed by atoms with E-state index in [1.807, 2.05) is 12.1 Å². The third-order valence-corrected chi connectivity index (χ3v) is 3.66. The second-order valence-electron chi connectivity index (χ2n) is 3.79. The van der Waals surface area contributed by atoms with E-state index in [9.17, 15) is 4.79 Å². The Kier molecular flexibility index (Phi) is 5.71. The van der Waals surface area contributed by atoms with Gasteiger partial charge in [0.25, 0.3) is 0 Å². The summed E-state index contributed by atoms with van der Waals surface area (Å²) >= 11 is 13.1. The summed E-state index contributed by atoms with van der Waals surface area (Å²) in [6.45, 7) is 0.296. The standard InChI is InChI=1S/C14H11Cl2NO2S/c15-11-4-1-3-10(9-11)14(18)19-7-8-20-13-6-2-5-12(16)17-13/h1-6,9H,7-8H2. The van der Waals surface area contributed by atoms with Crippen molar-refractivity contribution in [2.45, 2.75) is 5.03 Å². The first-order valence-corrected chi connectivity index (χ1v) is 7.57. The molecule has 0 radical (unpaired) electrons. The molecule has 0 amide bonds. The van der Waals surface area contributed by atoms with Crippen molar-refractivity contribution in [2.75, 3.05) is 12.4 Å². The van der Waals surface area contributed by atoms with E-state index in [0.29, 0.717) is 28.1 Å². The van der Waals surface area contributed by atoms with Gasteiger partial charge in [0.05, 0.1) is 10.6 Å². The predicted octanol–water partition coefficient (Wildman–Crippen LogP) is 4.34. The fraction of sp³-hybridized carbons (Fsp3) is 0.143. The van der Waals surface area contributed by atoms with Crippen molar-refractivity contribution in [1.82, 2.24) is 4.98 Å². The summed E-state index contributed by atoms with van der Waals surface area (Å²) in [5, 5.41) is 1.76. The van der Waals surface area contributed by atoms with Crippen LogP contribution in [0.1, 0.15) is 10.4 Å². The topological polar surface area (TPSA) is 39.2 Å². The van der Waals surface area contributed by atoms with E-state index < -0.39 is 0 Å². The van der Waals surface area contributed by atoms with Gasteiger partial charge in [0.2, 0.25) is 0 Å². The molecular weight excluding hydrogens is 317 g/mol. The first-order chi connectivity index (χ1) is 9.65. The fourth-order valence-corrected chi connectivity index (χ4v) is 2.57. The van der Waals surface area contributed by atoms with Crippen molar-refractivity contribution in [1.29, 1.82) is 0 Å². The Bertz CT molecular complexity index is 607. The highest BCUT2D eigenvalue weighted by atomic mass is 35.5. The molecule has 6 heteroatoms. The molecule has 0 spiro atoms. The largest absolute Gasteiger partial charge is 0.461 e. The summed E-state index contributed by atoms with van der Waals surface area (Å²) in [6.07, 6.45) is 0. The minimum absolute atomic E-state index is 0.296. The molecule has 0 atom stereocenters. The summed E-state index contributed by atoms with van der Waals surface area (Å²) in [7, 11) is 0. The molecule has 3 nitrogen and oxygen atoms in total. The SMILES string of the molecule is O=C(OCCSc1cccc(Cl)n1)c1cccc(Cl)c1. The summed E-state index contributed by atoms with van der Waals surface area (Å²) < 4.78 is 5.16. The van der Waals surface area contributed by atoms with Crippen molar-refractivity contribution in [2.24, 2.45) is 0 Å². The number of halogens is 2. The van der Waals surface area contributed by atoms with E-state index >= 15 is 0 Å². The maximum Gasteiger partial charge on any atom is 0.338 e. The first-order valence-electron chi connectivity index (χ1n) is 5.83. The third-order valence-electron chi connectivity index (χ3n) is 2.32. The molecule has 0 N–H and O–H groups in total. The van der Waals surface area contributed by atoms with Crippen molar-refractivity contribution in [3.8, 4) is 0 Å². The summed E-state index contributed by atoms with van der Waals surface area (Å²) in [5.74, 6) is 0.228. The van der Waals surface area contributed by atoms with Crippen molar-refractivity contribution in [3.05, 3.63) is 58.2 Å². The third kappa shape index (κ3) is 4.71. The lowest BCUT2D eigenvalue weighted by Crippen LogP contribution is -2.07. The van der Waals surface area contributed by atoms with Crippen LogP contribution in [0.3, 0.4) is 0 Å². The van der Waals surface area contributed by atoms with E-state index in [4.69, 9.17) is 27.9 Å². The van der Waals surface area contributed by atoms with Crippen LogP contribution in [0.2, 0.25) is 10.2 Å². The normalized spacial score (nSPS) is 10.3. The average molecular weight is 328 g/mol. The quantitative estimate of drug-likeness (QED) is 0.354. The van der Waals surface area contributed by atoms with Gasteiger partial charge in [0.1, 0.15) is 11.8 Å². The van der Waals surface area contributed by atoms with Gasteiger partial charge in [-0.25, -0.2) is 9.78 Å². The van der Waals surface area contributed by atoms with Crippen LogP contribution in [-0.2, 0) is 4.74 Å². The number of ether oxygens (including phenoxy) is 1. The van der Waals surface area contributed by atoms with Crippen molar-refractivity contribution < 1.29 is 9.53 Å². The highest BCUT2D eigenvalue weighted by molar-refractivity contribution is 7.99. The molecule has 0 aliphatic carbocycles. The summed E-state index contributed by atoms with van der Waals surface area (Å²) in [4.78, 5) is 15.9. The lowest BCUT2D eigenvalue weighted by molar-refractivity contribution is 0.0530. The van der Waals surface area contributed by atoms with E-state index in [1.54, 1.807) is 30.3 Å². The number of esters is 1. The van der Waals surface area contributed by atoms with Gasteiger partial charge in [-0.15, -0.1) is 11.8 Å². The van der Waals surface area contributed by atoms with Gasteiger partial charge in [-0.3, -0.25) is 0 Å². The molecule has 0 bridgehead atoms. The molecule has 2 rings (SSSR count). The van der Waals surface area contributed by atoms with Gasteiger partial charge in [-0.2, -0.15) is 0 Å². The Morgan fingerprint density at radius 1 is 1.20 bits per heavy atom. The van der Waals surface area contributed by atoms with Gasteiger partial charge >= 0.3 is 5.97 Å². The Balaban J connectivity index is 1.77. The van der Waals surface area contributed by atoms with Crippen molar-refractivity contribution in [3.63, 3.8) is 0 Å². The molecule has 0 saturated carbocycles. The first kappa shape index (κ1) is 15.2. The number of carbonyl (C=O) groups excluding carboxylic acids is 1. The van der Waals surface area contributed by atoms with Crippen LogP contribution in [0.15, 0.2) is 47.5 Å². The van der Waals surface area contributed by atoms with Crippen LogP contribution in [0.4, 0.5) is 0 Å². The molecule has 104 valence electrons. The molecule has 0 aliphatic heterocycles. The minimum atomic E-state index is -0.382. The zero-order valence-electron chi connectivity index (χ0n) is 10.4. The number of thioether (sulfide) groups is 1. The van der Waals surface area contributed by atoms with Crippen LogP contribution >= 0.6 is 35.0 Å². The highest BCUT2D eigenvalue weighted by Gasteiger charge is 2.07. The molecule has 0 unspecified atom stereocenters. The zero-order valence-corrected chi connectivity index (χ0v) is 12.7. The second-order valence-corrected chi connectivity index (χ2v) is 5.73. The van der Waals surface area contributed by atoms with E-state index in [-0.39, 0.29) is 5.97 Å². The highest BCUT2D eigenvalue weighted by Crippen LogP contribution is 2.17. The maximum absolute atomic E-state index is 11.7. The summed E-state index contributed by atoms with van der Waals surface area (Å²) in [5.41, 5.74) is 0.448. The van der Waals surface area contributed by atoms with E-state index in [1.165, 1.54) is 11.8 Å². The number of benzene rings is 1. The van der Waals surface area contributed by atoms with E-state index in [0.717, 1.165) is 5.03 Å². The molecule has 0 fully saturated rings. The zero-order chi connectivity index (χ0) is 14.4. The molecule has 0 saturated heterocycles. The van der Waals surface area contributed by atoms with Crippen LogP contribution in [-0.4, -0.2) is 23.3 Å². The van der Waals surface area contributed by atoms with Crippen LogP contribution < -0.4 is 0 Å². The Morgan fingerprint density at radius 3 is 2.75 bits per heavy atom. The smallest absolute Gasteiger partial charge is 0.338 e. The molecular formula is C14H11Cl2NO2S. The number of hydrogen-bond donors (Lipinski definition) is 0. The lowest BCUT2D eigenvalue weighted by Gasteiger charge is -2.05.